The molecule has 0 spiro atoms. The van der Waals surface area contributed by atoms with Crippen molar-refractivity contribution in [3.05, 3.63) is 35.4 Å². The summed E-state index contributed by atoms with van der Waals surface area (Å²) in [6, 6.07) is 2.13. The van der Waals surface area contributed by atoms with E-state index in [4.69, 9.17) is 0 Å². The van der Waals surface area contributed by atoms with Crippen LogP contribution in [-0.2, 0) is 20.7 Å². The summed E-state index contributed by atoms with van der Waals surface area (Å²) < 4.78 is 30.8. The number of ether oxygens (including phenoxy) is 1. The number of methoxy groups -OCH3 is 1. The largest absolute Gasteiger partial charge is 0.467 e. The predicted octanol–water partition coefficient (Wildman–Crippen LogP) is 2.21. The van der Waals surface area contributed by atoms with Gasteiger partial charge in [-0.15, -0.1) is 0 Å². The van der Waals surface area contributed by atoms with Gasteiger partial charge in [-0.25, -0.2) is 13.6 Å². The highest BCUT2D eigenvalue weighted by Gasteiger charge is 2.26. The van der Waals surface area contributed by atoms with Crippen molar-refractivity contribution in [3.8, 4) is 0 Å². The minimum Gasteiger partial charge on any atom is -0.467 e. The third kappa shape index (κ3) is 5.13. The maximum atomic E-state index is 13.1. The van der Waals surface area contributed by atoms with Gasteiger partial charge in [0.1, 0.15) is 17.7 Å². The van der Waals surface area contributed by atoms with Gasteiger partial charge < -0.3 is 10.1 Å². The van der Waals surface area contributed by atoms with Gasteiger partial charge in [-0.05, 0) is 23.6 Å². The minimum absolute atomic E-state index is 0.106. The van der Waals surface area contributed by atoms with E-state index in [1.54, 1.807) is 0 Å². The van der Waals surface area contributed by atoms with Crippen LogP contribution in [0.3, 0.4) is 0 Å². The summed E-state index contributed by atoms with van der Waals surface area (Å²) in [5, 5.41) is 2.55. The number of esters is 1. The van der Waals surface area contributed by atoms with Crippen molar-refractivity contribution in [2.45, 2.75) is 32.7 Å². The van der Waals surface area contributed by atoms with Gasteiger partial charge in [0.15, 0.2) is 0 Å². The molecule has 0 aromatic heterocycles. The van der Waals surface area contributed by atoms with Crippen molar-refractivity contribution in [2.75, 3.05) is 7.11 Å². The van der Waals surface area contributed by atoms with Crippen molar-refractivity contribution in [1.82, 2.24) is 5.32 Å². The van der Waals surface area contributed by atoms with Crippen LogP contribution in [0.5, 0.6) is 0 Å². The standard InChI is InChI=1S/C15H19F2NO3/c1-4-9(2)14(15(20)21-3)18-13(19)7-10-5-11(16)8-12(17)6-10/h5-6,8-9,14H,4,7H2,1-3H3,(H,18,19)/t9-,14-/m1/s1. The topological polar surface area (TPSA) is 55.4 Å². The Morgan fingerprint density at radius 3 is 2.29 bits per heavy atom. The van der Waals surface area contributed by atoms with E-state index in [-0.39, 0.29) is 17.9 Å². The molecule has 0 aliphatic rings. The highest BCUT2D eigenvalue weighted by atomic mass is 19.1. The van der Waals surface area contributed by atoms with E-state index < -0.39 is 29.6 Å². The van der Waals surface area contributed by atoms with Crippen LogP contribution in [0.2, 0.25) is 0 Å². The van der Waals surface area contributed by atoms with Crippen LogP contribution >= 0.6 is 0 Å². The molecule has 6 heteroatoms. The third-order valence-corrected chi connectivity index (χ3v) is 3.27. The van der Waals surface area contributed by atoms with Crippen molar-refractivity contribution in [3.63, 3.8) is 0 Å². The van der Waals surface area contributed by atoms with Gasteiger partial charge in [0.25, 0.3) is 0 Å². The van der Waals surface area contributed by atoms with E-state index in [1.807, 2.05) is 13.8 Å². The minimum atomic E-state index is -0.772. The second kappa shape index (κ2) is 7.71. The second-order valence-electron chi connectivity index (χ2n) is 4.91. The molecule has 116 valence electrons. The molecule has 1 aromatic carbocycles. The molecule has 21 heavy (non-hydrogen) atoms. The number of carbonyl (C=O) groups is 2. The fraction of sp³-hybridized carbons (Fsp3) is 0.467. The van der Waals surface area contributed by atoms with E-state index in [2.05, 4.69) is 10.1 Å². The molecule has 0 aliphatic carbocycles. The normalized spacial score (nSPS) is 13.4. The molecule has 1 aromatic rings. The summed E-state index contributed by atoms with van der Waals surface area (Å²) in [4.78, 5) is 23.6. The van der Waals surface area contributed by atoms with E-state index >= 15 is 0 Å². The monoisotopic (exact) mass is 299 g/mol. The van der Waals surface area contributed by atoms with Crippen LogP contribution in [0.15, 0.2) is 18.2 Å². The molecule has 0 heterocycles. The number of amides is 1. The number of halogens is 2. The van der Waals surface area contributed by atoms with Crippen molar-refractivity contribution >= 4 is 11.9 Å². The first-order valence-corrected chi connectivity index (χ1v) is 6.69. The summed E-state index contributed by atoms with van der Waals surface area (Å²) in [5.74, 6) is -2.63. The first-order valence-electron chi connectivity index (χ1n) is 6.69. The first-order chi connectivity index (χ1) is 9.87. The lowest BCUT2D eigenvalue weighted by Crippen LogP contribution is -2.46. The molecule has 0 saturated heterocycles. The molecule has 0 saturated carbocycles. The first kappa shape index (κ1) is 17.1. The fourth-order valence-electron chi connectivity index (χ4n) is 1.92. The van der Waals surface area contributed by atoms with Crippen molar-refractivity contribution in [1.29, 1.82) is 0 Å². The molecule has 0 unspecified atom stereocenters. The molecule has 1 amide bonds. The van der Waals surface area contributed by atoms with Crippen LogP contribution in [0.25, 0.3) is 0 Å². The fourth-order valence-corrected chi connectivity index (χ4v) is 1.92. The molecule has 0 fully saturated rings. The lowest BCUT2D eigenvalue weighted by atomic mass is 9.99. The van der Waals surface area contributed by atoms with E-state index in [0.717, 1.165) is 18.2 Å². The molecule has 1 N–H and O–H groups in total. The van der Waals surface area contributed by atoms with Gasteiger partial charge in [0.2, 0.25) is 5.91 Å². The van der Waals surface area contributed by atoms with Gasteiger partial charge in [-0.1, -0.05) is 20.3 Å². The Morgan fingerprint density at radius 1 is 1.24 bits per heavy atom. The summed E-state index contributed by atoms with van der Waals surface area (Å²) in [6.07, 6.45) is 0.466. The smallest absolute Gasteiger partial charge is 0.328 e. The maximum absolute atomic E-state index is 13.1. The summed E-state index contributed by atoms with van der Waals surface area (Å²) in [5.41, 5.74) is 0.206. The van der Waals surface area contributed by atoms with E-state index in [1.165, 1.54) is 7.11 Å². The van der Waals surface area contributed by atoms with Gasteiger partial charge in [0.05, 0.1) is 13.5 Å². The summed E-state index contributed by atoms with van der Waals surface area (Å²) in [6.45, 7) is 3.69. The molecular weight excluding hydrogens is 280 g/mol. The molecule has 0 aliphatic heterocycles. The van der Waals surface area contributed by atoms with Crippen molar-refractivity contribution in [2.24, 2.45) is 5.92 Å². The average Bonchev–Trinajstić information content (AvgIpc) is 2.41. The molecule has 2 atom stereocenters. The zero-order valence-corrected chi connectivity index (χ0v) is 12.3. The quantitative estimate of drug-likeness (QED) is 0.819. The Bertz CT molecular complexity index is 499. The van der Waals surface area contributed by atoms with Crippen LogP contribution in [-0.4, -0.2) is 25.0 Å². The Kier molecular flexibility index (Phi) is 6.27. The summed E-state index contributed by atoms with van der Waals surface area (Å²) >= 11 is 0. The average molecular weight is 299 g/mol. The number of hydrogen-bond acceptors (Lipinski definition) is 3. The number of hydrogen-bond donors (Lipinski definition) is 1. The summed E-state index contributed by atoms with van der Waals surface area (Å²) in [7, 11) is 1.24. The second-order valence-corrected chi connectivity index (χ2v) is 4.91. The zero-order valence-electron chi connectivity index (χ0n) is 12.3. The van der Waals surface area contributed by atoms with E-state index in [9.17, 15) is 18.4 Å². The molecule has 1 rings (SSSR count). The molecule has 0 radical (unpaired) electrons. The lowest BCUT2D eigenvalue weighted by molar-refractivity contribution is -0.146. The van der Waals surface area contributed by atoms with Gasteiger partial charge in [0, 0.05) is 6.07 Å². The predicted molar refractivity (Wildman–Crippen MR) is 73.5 cm³/mol. The number of carbonyl (C=O) groups excluding carboxylic acids is 2. The van der Waals surface area contributed by atoms with Gasteiger partial charge in [-0.2, -0.15) is 0 Å². The van der Waals surface area contributed by atoms with Crippen LogP contribution in [0, 0.1) is 17.6 Å². The maximum Gasteiger partial charge on any atom is 0.328 e. The number of benzene rings is 1. The van der Waals surface area contributed by atoms with Crippen molar-refractivity contribution < 1.29 is 23.1 Å². The highest BCUT2D eigenvalue weighted by Crippen LogP contribution is 2.11. The molecule has 4 nitrogen and oxygen atoms in total. The Hall–Kier alpha value is -1.98. The number of rotatable bonds is 6. The third-order valence-electron chi connectivity index (χ3n) is 3.27. The van der Waals surface area contributed by atoms with E-state index in [0.29, 0.717) is 6.42 Å². The Balaban J connectivity index is 2.75. The molecular formula is C15H19F2NO3. The SMILES string of the molecule is CC[C@@H](C)[C@@H](NC(=O)Cc1cc(F)cc(F)c1)C(=O)OC. The Labute approximate surface area is 122 Å². The van der Waals surface area contributed by atoms with Crippen LogP contribution in [0.1, 0.15) is 25.8 Å². The number of nitrogens with one attached hydrogen (secondary N) is 1. The van der Waals surface area contributed by atoms with Gasteiger partial charge >= 0.3 is 5.97 Å². The Morgan fingerprint density at radius 2 is 1.81 bits per heavy atom. The van der Waals surface area contributed by atoms with Gasteiger partial charge in [-0.3, -0.25) is 4.79 Å². The highest BCUT2D eigenvalue weighted by molar-refractivity contribution is 5.85. The lowest BCUT2D eigenvalue weighted by Gasteiger charge is -2.21. The van der Waals surface area contributed by atoms with Crippen LogP contribution < -0.4 is 5.32 Å². The molecule has 0 bridgehead atoms. The van der Waals surface area contributed by atoms with Crippen LogP contribution in [0.4, 0.5) is 8.78 Å². The zero-order chi connectivity index (χ0) is 16.0.